The molecule has 0 amide bonds. The Kier molecular flexibility index (Phi) is 7.24. The van der Waals surface area contributed by atoms with E-state index in [1.165, 1.54) is 6.42 Å². The van der Waals surface area contributed by atoms with Gasteiger partial charge in [-0.15, -0.1) is 0 Å². The molecule has 0 aliphatic heterocycles. The zero-order valence-electron chi connectivity index (χ0n) is 6.57. The van der Waals surface area contributed by atoms with Gasteiger partial charge in [-0.05, 0) is 18.8 Å². The van der Waals surface area contributed by atoms with Gasteiger partial charge >= 0.3 is 59.0 Å². The van der Waals surface area contributed by atoms with Crippen LogP contribution in [0.1, 0.15) is 32.1 Å². The van der Waals surface area contributed by atoms with Crippen LogP contribution < -0.4 is 0 Å². The number of hydrogen-bond acceptors (Lipinski definition) is 1. The Hall–Kier alpha value is 1.79. The van der Waals surface area contributed by atoms with Gasteiger partial charge in [-0.3, -0.25) is 4.57 Å². The number of rotatable bonds is 2. The normalized spacial score (nSPS) is 20.2. The zero-order chi connectivity index (χ0) is 8.32. The van der Waals surface area contributed by atoms with Gasteiger partial charge in [-0.25, -0.2) is 0 Å². The fraction of sp³-hybridized carbons (Fsp3) is 1.00. The third-order valence-electron chi connectivity index (χ3n) is 2.22. The van der Waals surface area contributed by atoms with Crippen LogP contribution in [0, 0.1) is 5.92 Å². The van der Waals surface area contributed by atoms with Crippen LogP contribution in [0.5, 0.6) is 0 Å². The molecule has 0 radical (unpaired) electrons. The third-order valence-corrected chi connectivity index (χ3v) is 3.21. The average molecular weight is 218 g/mol. The maximum atomic E-state index is 10.6. The van der Waals surface area contributed by atoms with Crippen molar-refractivity contribution in [3.63, 3.8) is 0 Å². The third kappa shape index (κ3) is 6.27. The molecule has 1 aliphatic carbocycles. The predicted octanol–water partition coefficient (Wildman–Crippen LogP) is 1.10. The van der Waals surface area contributed by atoms with Gasteiger partial charge in [-0.2, -0.15) is 0 Å². The van der Waals surface area contributed by atoms with Crippen molar-refractivity contribution in [2.24, 2.45) is 5.92 Å². The van der Waals surface area contributed by atoms with E-state index in [4.69, 9.17) is 9.79 Å². The second-order valence-corrected chi connectivity index (χ2v) is 5.05. The zero-order valence-corrected chi connectivity index (χ0v) is 7.46. The van der Waals surface area contributed by atoms with Gasteiger partial charge < -0.3 is 9.79 Å². The molecule has 0 aromatic rings. The Morgan fingerprint density at radius 2 is 1.67 bits per heavy atom. The van der Waals surface area contributed by atoms with E-state index in [1.807, 2.05) is 0 Å². The monoisotopic (exact) mass is 218 g/mol. The van der Waals surface area contributed by atoms with Crippen LogP contribution in [0.3, 0.4) is 0 Å². The Morgan fingerprint density at radius 3 is 2.08 bits per heavy atom. The first-order valence-electron chi connectivity index (χ1n) is 4.12. The molecule has 1 fully saturated rings. The Balaban J connectivity index is 0.00000121. The van der Waals surface area contributed by atoms with Gasteiger partial charge in [0, 0.05) is 0 Å². The Bertz CT molecular complexity index is 162. The summed E-state index contributed by atoms with van der Waals surface area (Å²) in [6.07, 6.45) is 5.64. The standard InChI is InChI=1S/C7H15O3P.K.H/c8-11(9,10)6-7-4-2-1-3-5-7;;/h7H,1-6H2,(H2,8,9,10);;. The van der Waals surface area contributed by atoms with Crippen LogP contribution in [0.2, 0.25) is 0 Å². The van der Waals surface area contributed by atoms with Gasteiger partial charge in [0.25, 0.3) is 0 Å². The molecule has 0 atom stereocenters. The van der Waals surface area contributed by atoms with Crippen molar-refractivity contribution in [3.8, 4) is 0 Å². The molecule has 1 saturated carbocycles. The first-order chi connectivity index (χ1) is 5.08. The summed E-state index contributed by atoms with van der Waals surface area (Å²) in [5, 5.41) is 0. The summed E-state index contributed by atoms with van der Waals surface area (Å²) in [4.78, 5) is 17.4. The van der Waals surface area contributed by atoms with Gasteiger partial charge in [0.05, 0.1) is 6.16 Å². The van der Waals surface area contributed by atoms with Gasteiger partial charge in [0.1, 0.15) is 0 Å². The molecule has 0 unspecified atom stereocenters. The van der Waals surface area contributed by atoms with Crippen molar-refractivity contribution in [2.75, 3.05) is 6.16 Å². The summed E-state index contributed by atoms with van der Waals surface area (Å²) in [6.45, 7) is 0. The molecule has 0 heterocycles. The van der Waals surface area contributed by atoms with Crippen LogP contribution in [0.25, 0.3) is 0 Å². The molecule has 3 nitrogen and oxygen atoms in total. The molecule has 0 bridgehead atoms. The van der Waals surface area contributed by atoms with E-state index in [0.29, 0.717) is 0 Å². The molecule has 5 heteroatoms. The predicted molar refractivity (Wildman–Crippen MR) is 50.6 cm³/mol. The molecule has 68 valence electrons. The summed E-state index contributed by atoms with van der Waals surface area (Å²) in [5.41, 5.74) is 0. The van der Waals surface area contributed by atoms with Crippen LogP contribution in [-0.2, 0) is 4.57 Å². The van der Waals surface area contributed by atoms with Crippen molar-refractivity contribution in [1.82, 2.24) is 0 Å². The van der Waals surface area contributed by atoms with E-state index in [2.05, 4.69) is 0 Å². The first-order valence-corrected chi connectivity index (χ1v) is 5.92. The van der Waals surface area contributed by atoms with E-state index in [1.54, 1.807) is 0 Å². The van der Waals surface area contributed by atoms with E-state index in [-0.39, 0.29) is 63.5 Å². The minimum absolute atomic E-state index is 0. The molecule has 2 N–H and O–H groups in total. The molecular weight excluding hydrogens is 202 g/mol. The molecule has 0 aromatic heterocycles. The summed E-state index contributed by atoms with van der Waals surface area (Å²) in [6, 6.07) is 0. The SMILES string of the molecule is O=P(O)(O)CC1CCCCC1.[KH]. The van der Waals surface area contributed by atoms with Crippen molar-refractivity contribution >= 4 is 59.0 Å². The topological polar surface area (TPSA) is 57.5 Å². The van der Waals surface area contributed by atoms with Crippen molar-refractivity contribution in [1.29, 1.82) is 0 Å². The van der Waals surface area contributed by atoms with Gasteiger partial charge in [0.15, 0.2) is 0 Å². The van der Waals surface area contributed by atoms with Crippen LogP contribution in [0.4, 0.5) is 0 Å². The van der Waals surface area contributed by atoms with Gasteiger partial charge in [0.2, 0.25) is 0 Å². The molecule has 0 spiro atoms. The minimum atomic E-state index is -3.73. The summed E-state index contributed by atoms with van der Waals surface area (Å²) < 4.78 is 10.6. The van der Waals surface area contributed by atoms with Crippen LogP contribution in [0.15, 0.2) is 0 Å². The second-order valence-electron chi connectivity index (χ2n) is 3.35. The van der Waals surface area contributed by atoms with E-state index >= 15 is 0 Å². The quantitative estimate of drug-likeness (QED) is 0.539. The van der Waals surface area contributed by atoms with Gasteiger partial charge in [-0.1, -0.05) is 19.3 Å². The fourth-order valence-electron chi connectivity index (χ4n) is 1.71. The second kappa shape index (κ2) is 6.30. The first kappa shape index (κ1) is 13.8. The maximum absolute atomic E-state index is 10.6. The van der Waals surface area contributed by atoms with E-state index in [9.17, 15) is 4.57 Å². The summed E-state index contributed by atoms with van der Waals surface area (Å²) in [5.74, 6) is 0.282. The average Bonchev–Trinajstić information content (AvgIpc) is 1.85. The van der Waals surface area contributed by atoms with Crippen LogP contribution >= 0.6 is 7.60 Å². The van der Waals surface area contributed by atoms with Crippen molar-refractivity contribution < 1.29 is 14.4 Å². The van der Waals surface area contributed by atoms with E-state index < -0.39 is 7.60 Å². The number of hydrogen-bond donors (Lipinski definition) is 2. The molecule has 0 aromatic carbocycles. The fourth-order valence-corrected chi connectivity index (χ4v) is 2.74. The van der Waals surface area contributed by atoms with E-state index in [0.717, 1.165) is 25.7 Å². The Labute approximate surface area is 116 Å². The molecule has 1 aliphatic rings. The molecular formula is C7H16KO3P. The summed E-state index contributed by atoms with van der Waals surface area (Å²) >= 11 is 0. The molecule has 0 saturated heterocycles. The summed E-state index contributed by atoms with van der Waals surface area (Å²) in [7, 11) is -3.73. The van der Waals surface area contributed by atoms with Crippen LogP contribution in [-0.4, -0.2) is 67.3 Å². The molecule has 1 rings (SSSR count). The van der Waals surface area contributed by atoms with Crippen molar-refractivity contribution in [2.45, 2.75) is 32.1 Å². The van der Waals surface area contributed by atoms with Crippen molar-refractivity contribution in [3.05, 3.63) is 0 Å². The Morgan fingerprint density at radius 1 is 1.17 bits per heavy atom. The molecule has 12 heavy (non-hydrogen) atoms.